The van der Waals surface area contributed by atoms with Gasteiger partial charge >= 0.3 is 6.09 Å². The number of likely N-dealkylation sites (tertiary alicyclic amines) is 2. The molecule has 2 bridgehead atoms. The summed E-state index contributed by atoms with van der Waals surface area (Å²) in [4.78, 5) is 60.8. The van der Waals surface area contributed by atoms with Crippen LogP contribution < -0.4 is 10.6 Å². The fourth-order valence-electron chi connectivity index (χ4n) is 9.37. The van der Waals surface area contributed by atoms with Crippen molar-refractivity contribution in [3.05, 3.63) is 84.9 Å². The standard InChI is InChI=1S/C45H54N8O5/c1-25(2)38(47-27(5)57-6)41(54)52-18-8-9-37(52)40-48-34-15-14-32(21-35(34)49-40)30-10-11-31-20-33(13-12-29(31)19-30)36-23-46-43(50-36)45-17-16-28(22-45)24-53(45)42(55)39(26(3)4)51-44(56)58-7/h10-15,19-21,23,25-26,28,37-39,47H,5,8-9,16-18,22,24H2,1-4,6-7H3,(H,46,50)(H,48,49)(H,51,56)/t28?,37-,38-,39-,45?/m0/s1. The summed E-state index contributed by atoms with van der Waals surface area (Å²) in [5.74, 6) is 2.24. The molecule has 13 heteroatoms. The number of carbonyl (C=O) groups excluding carboxylic acids is 3. The van der Waals surface area contributed by atoms with Gasteiger partial charge in [0.1, 0.15) is 29.3 Å². The molecule has 1 saturated carbocycles. The monoisotopic (exact) mass is 786 g/mol. The number of H-pyrrole nitrogens is 2. The highest BCUT2D eigenvalue weighted by molar-refractivity contribution is 5.92. The summed E-state index contributed by atoms with van der Waals surface area (Å²) in [6.45, 7) is 13.1. The molecule has 3 aliphatic rings. The van der Waals surface area contributed by atoms with Gasteiger partial charge in [-0.25, -0.2) is 14.8 Å². The van der Waals surface area contributed by atoms with Crippen LogP contribution in [0.1, 0.15) is 77.5 Å². The topological polar surface area (TPSA) is 158 Å². The van der Waals surface area contributed by atoms with Crippen LogP contribution in [0.5, 0.6) is 0 Å². The van der Waals surface area contributed by atoms with Crippen LogP contribution in [0.4, 0.5) is 4.79 Å². The van der Waals surface area contributed by atoms with Gasteiger partial charge in [0.2, 0.25) is 11.8 Å². The number of nitrogens with one attached hydrogen (secondary N) is 4. The molecule has 1 aliphatic carbocycles. The molecule has 5 atom stereocenters. The maximum absolute atomic E-state index is 14.0. The van der Waals surface area contributed by atoms with E-state index in [9.17, 15) is 14.4 Å². The van der Waals surface area contributed by atoms with E-state index in [4.69, 9.17) is 19.4 Å². The number of fused-ring (bicyclic) bond motifs is 4. The van der Waals surface area contributed by atoms with Gasteiger partial charge in [-0.15, -0.1) is 0 Å². The lowest BCUT2D eigenvalue weighted by atomic mass is 9.93. The molecule has 3 aromatic carbocycles. The van der Waals surface area contributed by atoms with Crippen LogP contribution in [0, 0.1) is 17.8 Å². The van der Waals surface area contributed by atoms with Crippen LogP contribution in [0.25, 0.3) is 44.2 Å². The fourth-order valence-corrected chi connectivity index (χ4v) is 9.37. The minimum absolute atomic E-state index is 0.0226. The van der Waals surface area contributed by atoms with E-state index in [2.05, 4.69) is 75.7 Å². The Bertz CT molecular complexity index is 2380. The SMILES string of the molecule is C=C(N[C@H](C(=O)N1CCC[C@H]1c1nc2ccc(-c3ccc4cc(-c5cnc(C67CCC(CN6C(=O)[C@@H](NC(=O)OC)C(C)C)C7)[nH]5)ccc4c3)cc2[nH]1)C(C)C)OC. The third kappa shape index (κ3) is 7.04. The maximum Gasteiger partial charge on any atom is 0.407 e. The van der Waals surface area contributed by atoms with Gasteiger partial charge in [-0.05, 0) is 103 Å². The Morgan fingerprint density at radius 1 is 0.862 bits per heavy atom. The number of methoxy groups -OCH3 is 2. The second-order valence-electron chi connectivity index (χ2n) is 16.9. The third-order valence-electron chi connectivity index (χ3n) is 12.6. The van der Waals surface area contributed by atoms with Gasteiger partial charge in [0.15, 0.2) is 5.88 Å². The predicted molar refractivity (Wildman–Crippen MR) is 223 cm³/mol. The quantitative estimate of drug-likeness (QED) is 0.0955. The van der Waals surface area contributed by atoms with Crippen molar-refractivity contribution in [2.45, 2.75) is 83.5 Å². The Hall–Kier alpha value is -5.85. The zero-order valence-electron chi connectivity index (χ0n) is 34.2. The van der Waals surface area contributed by atoms with Crippen molar-refractivity contribution in [3.8, 4) is 22.4 Å². The van der Waals surface area contributed by atoms with Gasteiger partial charge in [-0.3, -0.25) is 9.59 Å². The summed E-state index contributed by atoms with van der Waals surface area (Å²) in [5.41, 5.74) is 5.33. The molecule has 5 aromatic rings. The number of ether oxygens (including phenoxy) is 2. The lowest BCUT2D eigenvalue weighted by Gasteiger charge is -2.40. The van der Waals surface area contributed by atoms with Gasteiger partial charge < -0.3 is 39.9 Å². The zero-order valence-corrected chi connectivity index (χ0v) is 34.2. The second kappa shape index (κ2) is 15.5. The number of carbonyl (C=O) groups is 3. The van der Waals surface area contributed by atoms with Gasteiger partial charge in [0.05, 0.1) is 43.2 Å². The summed E-state index contributed by atoms with van der Waals surface area (Å²) in [6, 6.07) is 17.9. The molecule has 0 spiro atoms. The van der Waals surface area contributed by atoms with Gasteiger partial charge in [0.25, 0.3) is 0 Å². The number of hydrogen-bond donors (Lipinski definition) is 4. The van der Waals surface area contributed by atoms with Crippen molar-refractivity contribution in [1.29, 1.82) is 0 Å². The molecule has 4 heterocycles. The lowest BCUT2D eigenvalue weighted by Crippen LogP contribution is -2.56. The summed E-state index contributed by atoms with van der Waals surface area (Å²) >= 11 is 0. The molecule has 58 heavy (non-hydrogen) atoms. The summed E-state index contributed by atoms with van der Waals surface area (Å²) in [7, 11) is 2.85. The summed E-state index contributed by atoms with van der Waals surface area (Å²) < 4.78 is 10.1. The molecular weight excluding hydrogens is 733 g/mol. The maximum atomic E-state index is 14.0. The number of nitrogens with zero attached hydrogens (tertiary/aromatic N) is 4. The van der Waals surface area contributed by atoms with E-state index in [0.29, 0.717) is 24.9 Å². The number of aromatic nitrogens is 4. The molecule has 3 fully saturated rings. The highest BCUT2D eigenvalue weighted by atomic mass is 16.5. The van der Waals surface area contributed by atoms with E-state index in [1.165, 1.54) is 7.11 Å². The number of amides is 3. The number of imidazole rings is 2. The van der Waals surface area contributed by atoms with Crippen LogP contribution in [0.15, 0.2) is 73.3 Å². The molecule has 4 N–H and O–H groups in total. The number of piperidine rings is 1. The van der Waals surface area contributed by atoms with E-state index >= 15 is 0 Å². The normalized spacial score (nSPS) is 21.2. The van der Waals surface area contributed by atoms with E-state index in [1.807, 2.05) is 49.8 Å². The minimum Gasteiger partial charge on any atom is -0.483 e. The van der Waals surface area contributed by atoms with Crippen molar-refractivity contribution < 1.29 is 23.9 Å². The Labute approximate surface area is 339 Å². The Balaban J connectivity index is 1.01. The highest BCUT2D eigenvalue weighted by Gasteiger charge is 2.56. The van der Waals surface area contributed by atoms with E-state index < -0.39 is 23.7 Å². The molecule has 8 rings (SSSR count). The molecule has 2 unspecified atom stereocenters. The molecule has 304 valence electrons. The second-order valence-corrected chi connectivity index (χ2v) is 16.9. The van der Waals surface area contributed by atoms with E-state index in [-0.39, 0.29) is 29.7 Å². The smallest absolute Gasteiger partial charge is 0.407 e. The number of hydrogen-bond acceptors (Lipinski definition) is 8. The number of rotatable bonds is 12. The summed E-state index contributed by atoms with van der Waals surface area (Å²) in [6.07, 6.45) is 5.72. The van der Waals surface area contributed by atoms with Crippen molar-refractivity contribution >= 4 is 39.7 Å². The Morgan fingerprint density at radius 3 is 2.26 bits per heavy atom. The zero-order chi connectivity index (χ0) is 40.9. The first-order valence-electron chi connectivity index (χ1n) is 20.4. The Morgan fingerprint density at radius 2 is 1.55 bits per heavy atom. The first-order valence-corrected chi connectivity index (χ1v) is 20.4. The Kier molecular flexibility index (Phi) is 10.4. The van der Waals surface area contributed by atoms with Crippen LogP contribution in [-0.2, 0) is 24.6 Å². The van der Waals surface area contributed by atoms with Gasteiger partial charge in [-0.2, -0.15) is 0 Å². The minimum atomic E-state index is -0.684. The van der Waals surface area contributed by atoms with Crippen molar-refractivity contribution in [3.63, 3.8) is 0 Å². The number of benzene rings is 3. The predicted octanol–water partition coefficient (Wildman–Crippen LogP) is 7.39. The van der Waals surface area contributed by atoms with Crippen molar-refractivity contribution in [1.82, 2.24) is 40.4 Å². The molecular formula is C45H54N8O5. The first kappa shape index (κ1) is 39.0. The molecule has 13 nitrogen and oxygen atoms in total. The third-order valence-corrected chi connectivity index (χ3v) is 12.6. The van der Waals surface area contributed by atoms with Gasteiger partial charge in [0, 0.05) is 18.7 Å². The average Bonchev–Trinajstić information content (AvgIpc) is 4.08. The number of alkyl carbamates (subject to hydrolysis) is 1. The fraction of sp³-hybridized carbons (Fsp3) is 0.444. The van der Waals surface area contributed by atoms with E-state index in [0.717, 1.165) is 87.9 Å². The molecule has 2 aromatic heterocycles. The van der Waals surface area contributed by atoms with Crippen molar-refractivity contribution in [2.24, 2.45) is 17.8 Å². The number of aromatic amines is 2. The van der Waals surface area contributed by atoms with Crippen LogP contribution in [0.3, 0.4) is 0 Å². The average molecular weight is 787 g/mol. The van der Waals surface area contributed by atoms with Gasteiger partial charge in [-0.1, -0.05) is 58.0 Å². The lowest BCUT2D eigenvalue weighted by molar-refractivity contribution is -0.140. The largest absolute Gasteiger partial charge is 0.483 e. The van der Waals surface area contributed by atoms with Crippen LogP contribution in [0.2, 0.25) is 0 Å². The highest BCUT2D eigenvalue weighted by Crippen LogP contribution is 2.52. The first-order chi connectivity index (χ1) is 27.9. The van der Waals surface area contributed by atoms with Crippen LogP contribution in [-0.4, -0.2) is 87.0 Å². The van der Waals surface area contributed by atoms with E-state index in [1.54, 1.807) is 7.11 Å². The molecule has 2 saturated heterocycles. The van der Waals surface area contributed by atoms with Crippen LogP contribution >= 0.6 is 0 Å². The molecule has 0 radical (unpaired) electrons. The van der Waals surface area contributed by atoms with Crippen molar-refractivity contribution in [2.75, 3.05) is 27.3 Å². The summed E-state index contributed by atoms with van der Waals surface area (Å²) in [5, 5.41) is 8.13. The molecule has 3 amide bonds. The molecule has 2 aliphatic heterocycles.